The minimum absolute atomic E-state index is 0.766. The molecule has 0 aromatic heterocycles. The van der Waals surface area contributed by atoms with Gasteiger partial charge < -0.3 is 10.2 Å². The van der Waals surface area contributed by atoms with Crippen LogP contribution in [0.25, 0.3) is 4.85 Å². The molecular weight excluding hydrogens is 240 g/mol. The van der Waals surface area contributed by atoms with Gasteiger partial charge in [-0.2, -0.15) is 0 Å². The molecule has 0 aliphatic heterocycles. The molecule has 1 atom stereocenters. The van der Waals surface area contributed by atoms with E-state index in [0.29, 0.717) is 0 Å². The van der Waals surface area contributed by atoms with Crippen molar-refractivity contribution in [2.75, 3.05) is 5.73 Å². The van der Waals surface area contributed by atoms with Crippen LogP contribution in [0.1, 0.15) is 24.0 Å². The van der Waals surface area contributed by atoms with Gasteiger partial charge in [-0.1, -0.05) is 0 Å². The molecule has 0 bridgehead atoms. The summed E-state index contributed by atoms with van der Waals surface area (Å²) in [4.78, 5) is 3.86. The monoisotopic (exact) mass is 260 g/mol. The van der Waals surface area contributed by atoms with Gasteiger partial charge in [0.15, 0.2) is 8.32 Å². The van der Waals surface area contributed by atoms with Crippen molar-refractivity contribution < 1.29 is 4.43 Å². The second-order valence-corrected chi connectivity index (χ2v) is 10.3. The van der Waals surface area contributed by atoms with E-state index in [9.17, 15) is 0 Å². The zero-order valence-corrected chi connectivity index (χ0v) is 12.3. The molecule has 1 unspecified atom stereocenters. The average molecular weight is 260 g/mol. The van der Waals surface area contributed by atoms with E-state index in [1.54, 1.807) is 0 Å². The van der Waals surface area contributed by atoms with Crippen LogP contribution in [0.15, 0.2) is 18.2 Å². The van der Waals surface area contributed by atoms with Gasteiger partial charge in [0.25, 0.3) is 0 Å². The average Bonchev–Trinajstić information content (AvgIpc) is 2.26. The third-order valence-electron chi connectivity index (χ3n) is 3.17. The van der Waals surface area contributed by atoms with Crippen molar-refractivity contribution in [1.82, 2.24) is 0 Å². The quantitative estimate of drug-likeness (QED) is 0.502. The second kappa shape index (κ2) is 4.41. The Kier molecular flexibility index (Phi) is 3.22. The molecule has 1 aromatic carbocycles. The topological polar surface area (TPSA) is 39.6 Å². The predicted octanol–water partition coefficient (Wildman–Crippen LogP) is 3.53. The summed E-state index contributed by atoms with van der Waals surface area (Å²) >= 11 is 0. The van der Waals surface area contributed by atoms with Crippen molar-refractivity contribution in [3.05, 3.63) is 40.7 Å². The molecule has 2 N–H and O–H groups in total. The molecule has 0 radical (unpaired) electrons. The van der Waals surface area contributed by atoms with E-state index in [4.69, 9.17) is 16.7 Å². The maximum atomic E-state index is 7.60. The summed E-state index contributed by atoms with van der Waals surface area (Å²) in [5.74, 6) is 0. The summed E-state index contributed by atoms with van der Waals surface area (Å²) in [5.41, 5.74) is 8.03. The molecule has 1 aliphatic carbocycles. The molecule has 1 aromatic rings. The van der Waals surface area contributed by atoms with Crippen molar-refractivity contribution in [2.24, 2.45) is 0 Å². The van der Waals surface area contributed by atoms with Crippen LogP contribution < -0.4 is 5.73 Å². The first kappa shape index (κ1) is 13.1. The summed E-state index contributed by atoms with van der Waals surface area (Å²) < 4.78 is 6.23. The van der Waals surface area contributed by atoms with Crippen LogP contribution in [0.4, 0.5) is 5.69 Å². The number of nitrogen functional groups attached to an aromatic ring is 1. The number of rotatable bonds is 2. The van der Waals surface area contributed by atoms with Crippen molar-refractivity contribution in [1.29, 1.82) is 0 Å². The number of aryl methyl sites for hydroxylation is 1. The van der Waals surface area contributed by atoms with Gasteiger partial charge >= 0.3 is 5.72 Å². The number of anilines is 1. The molecule has 18 heavy (non-hydrogen) atoms. The number of benzene rings is 1. The first-order valence-electron chi connectivity index (χ1n) is 6.34. The zero-order valence-electron chi connectivity index (χ0n) is 11.3. The van der Waals surface area contributed by atoms with Crippen LogP contribution in [-0.4, -0.2) is 8.32 Å². The Morgan fingerprint density at radius 3 is 2.72 bits per heavy atom. The van der Waals surface area contributed by atoms with E-state index in [1.807, 2.05) is 18.2 Å². The number of hydrogen-bond acceptors (Lipinski definition) is 2. The van der Waals surface area contributed by atoms with E-state index in [2.05, 4.69) is 24.5 Å². The van der Waals surface area contributed by atoms with Gasteiger partial charge in [-0.3, -0.25) is 4.85 Å². The number of hydrogen-bond donors (Lipinski definition) is 1. The lowest BCUT2D eigenvalue weighted by Gasteiger charge is -2.33. The molecule has 4 heteroatoms. The molecular formula is C14H20N2OSi. The van der Waals surface area contributed by atoms with E-state index in [0.717, 1.165) is 30.5 Å². The molecule has 3 nitrogen and oxygen atoms in total. The maximum absolute atomic E-state index is 7.60. The Morgan fingerprint density at radius 1 is 1.39 bits per heavy atom. The molecule has 0 heterocycles. The summed E-state index contributed by atoms with van der Waals surface area (Å²) in [5, 5.41) is 0. The number of fused-ring (bicyclic) bond motifs is 1. The number of nitrogens with two attached hydrogens (primary N) is 1. The van der Waals surface area contributed by atoms with Crippen molar-refractivity contribution in [3.8, 4) is 0 Å². The molecule has 0 saturated heterocycles. The first-order valence-corrected chi connectivity index (χ1v) is 9.75. The van der Waals surface area contributed by atoms with Crippen LogP contribution in [0.3, 0.4) is 0 Å². The normalized spacial score (nSPS) is 23.2. The van der Waals surface area contributed by atoms with Gasteiger partial charge in [0, 0.05) is 5.69 Å². The maximum Gasteiger partial charge on any atom is 0.355 e. The van der Waals surface area contributed by atoms with E-state index in [1.165, 1.54) is 5.56 Å². The lowest BCUT2D eigenvalue weighted by molar-refractivity contribution is 0.0876. The van der Waals surface area contributed by atoms with Crippen LogP contribution in [0, 0.1) is 6.57 Å². The minimum atomic E-state index is -1.77. The highest BCUT2D eigenvalue weighted by Gasteiger charge is 2.47. The lowest BCUT2D eigenvalue weighted by atomic mass is 9.85. The molecule has 2 rings (SSSR count). The van der Waals surface area contributed by atoms with E-state index in [-0.39, 0.29) is 0 Å². The van der Waals surface area contributed by atoms with E-state index < -0.39 is 14.0 Å². The van der Waals surface area contributed by atoms with Crippen LogP contribution in [-0.2, 0) is 16.6 Å². The van der Waals surface area contributed by atoms with E-state index >= 15 is 0 Å². The van der Waals surface area contributed by atoms with Crippen LogP contribution >= 0.6 is 0 Å². The third kappa shape index (κ3) is 2.42. The Hall–Kier alpha value is -1.31. The highest BCUT2D eigenvalue weighted by atomic mass is 28.4. The smallest absolute Gasteiger partial charge is 0.355 e. The highest BCUT2D eigenvalue weighted by Crippen LogP contribution is 2.42. The summed E-state index contributed by atoms with van der Waals surface area (Å²) in [6.07, 6.45) is 2.77. The Morgan fingerprint density at radius 2 is 2.11 bits per heavy atom. The summed E-state index contributed by atoms with van der Waals surface area (Å²) in [7, 11) is -1.77. The first-order chi connectivity index (χ1) is 8.36. The van der Waals surface area contributed by atoms with Crippen molar-refractivity contribution in [3.63, 3.8) is 0 Å². The highest BCUT2D eigenvalue weighted by molar-refractivity contribution is 6.69. The Balaban J connectivity index is 2.50. The van der Waals surface area contributed by atoms with Gasteiger partial charge in [0.05, 0.1) is 12.0 Å². The molecule has 0 amide bonds. The fraction of sp³-hybridized carbons (Fsp3) is 0.500. The lowest BCUT2D eigenvalue weighted by Crippen LogP contribution is -2.40. The zero-order chi connectivity index (χ0) is 13.4. The van der Waals surface area contributed by atoms with Crippen LogP contribution in [0.2, 0.25) is 19.6 Å². The minimum Gasteiger partial charge on any atom is -0.399 e. The standard InChI is InChI=1S/C14H20N2OSi/c1-16-14(17-18(2,3)4)9-5-6-11-10-12(15)7-8-13(11)14/h7-8,10H,5-6,9,15H2,2-4H3. The SMILES string of the molecule is [C-]#[N+]C1(O[Si](C)(C)C)CCCc2cc(N)ccc21. The van der Waals surface area contributed by atoms with Crippen LogP contribution in [0.5, 0.6) is 0 Å². The summed E-state index contributed by atoms with van der Waals surface area (Å²) in [6.45, 7) is 14.0. The van der Waals surface area contributed by atoms with Gasteiger partial charge in [-0.25, -0.2) is 6.57 Å². The van der Waals surface area contributed by atoms with Gasteiger partial charge in [-0.05, 0) is 56.2 Å². The second-order valence-electron chi connectivity index (χ2n) is 5.88. The fourth-order valence-electron chi connectivity index (χ4n) is 2.61. The molecule has 0 spiro atoms. The summed E-state index contributed by atoms with van der Waals surface area (Å²) in [6, 6.07) is 5.83. The van der Waals surface area contributed by atoms with Gasteiger partial charge in [0.1, 0.15) is 0 Å². The third-order valence-corrected chi connectivity index (χ3v) is 4.12. The van der Waals surface area contributed by atoms with Crippen molar-refractivity contribution >= 4 is 14.0 Å². The van der Waals surface area contributed by atoms with Gasteiger partial charge in [-0.15, -0.1) is 0 Å². The Bertz CT molecular complexity index is 501. The van der Waals surface area contributed by atoms with Crippen molar-refractivity contribution in [2.45, 2.75) is 44.6 Å². The molecule has 0 saturated carbocycles. The Labute approximate surface area is 110 Å². The predicted molar refractivity (Wildman–Crippen MR) is 76.5 cm³/mol. The fourth-order valence-corrected chi connectivity index (χ4v) is 3.88. The largest absolute Gasteiger partial charge is 0.399 e. The molecule has 1 aliphatic rings. The van der Waals surface area contributed by atoms with Gasteiger partial charge in [0.2, 0.25) is 0 Å². The molecule has 0 fully saturated rings. The molecule has 96 valence electrons. The number of nitrogens with zero attached hydrogens (tertiary/aromatic N) is 1.